The summed E-state index contributed by atoms with van der Waals surface area (Å²) in [5.41, 5.74) is 14.1. The van der Waals surface area contributed by atoms with E-state index in [2.05, 4.69) is 0 Å². The number of rotatable bonds is 10. The van der Waals surface area contributed by atoms with Crippen LogP contribution < -0.4 is 11.5 Å². The third-order valence-electron chi connectivity index (χ3n) is 9.43. The standard InChI is InChI=1S/C40H30N2O8/c1-49-35(19-9-5-3-6-10-19)32-30-23-15-18-26(40(47)48)28-25(39(45)46)17-14-21(27(23)28)22-13-16-24(37(41)43)31(29(22)30)34(38(42)44)33(32)36(50-2)20-11-7-4-8-12-20/h3-18,35-36H,1-2H3,(H2,41,43)(H2,42,44)(H,45,46)(H,47,48). The average molecular weight is 667 g/mol. The van der Waals surface area contributed by atoms with Gasteiger partial charge < -0.3 is 31.2 Å². The van der Waals surface area contributed by atoms with Crippen molar-refractivity contribution in [3.63, 3.8) is 0 Å². The van der Waals surface area contributed by atoms with E-state index in [1.54, 1.807) is 18.2 Å². The van der Waals surface area contributed by atoms with Gasteiger partial charge in [-0.15, -0.1) is 0 Å². The molecular weight excluding hydrogens is 636 g/mol. The Kier molecular flexibility index (Phi) is 7.90. The third kappa shape index (κ3) is 4.73. The molecule has 7 aromatic carbocycles. The summed E-state index contributed by atoms with van der Waals surface area (Å²) < 4.78 is 12.5. The monoisotopic (exact) mass is 666 g/mol. The number of benzene rings is 7. The van der Waals surface area contributed by atoms with Gasteiger partial charge >= 0.3 is 11.9 Å². The first-order chi connectivity index (χ1) is 24.1. The van der Waals surface area contributed by atoms with E-state index in [4.69, 9.17) is 20.9 Å². The van der Waals surface area contributed by atoms with Crippen LogP contribution in [0.4, 0.5) is 0 Å². The van der Waals surface area contributed by atoms with Crippen molar-refractivity contribution in [3.05, 3.63) is 142 Å². The Bertz CT molecular complexity index is 2510. The number of methoxy groups -OCH3 is 2. The van der Waals surface area contributed by atoms with E-state index in [1.807, 2.05) is 60.7 Å². The van der Waals surface area contributed by atoms with Crippen molar-refractivity contribution in [2.75, 3.05) is 14.2 Å². The van der Waals surface area contributed by atoms with Gasteiger partial charge in [-0.25, -0.2) is 9.59 Å². The number of ether oxygens (including phenoxy) is 2. The molecule has 2 atom stereocenters. The van der Waals surface area contributed by atoms with Gasteiger partial charge in [0.05, 0.1) is 16.7 Å². The average Bonchev–Trinajstić information content (AvgIpc) is 3.11. The van der Waals surface area contributed by atoms with Gasteiger partial charge in [0.25, 0.3) is 0 Å². The fourth-order valence-electron chi connectivity index (χ4n) is 7.55. The highest BCUT2D eigenvalue weighted by Crippen LogP contribution is 2.51. The fourth-order valence-corrected chi connectivity index (χ4v) is 7.55. The minimum Gasteiger partial charge on any atom is -0.478 e. The van der Waals surface area contributed by atoms with Crippen LogP contribution >= 0.6 is 0 Å². The number of hydrogen-bond donors (Lipinski definition) is 4. The van der Waals surface area contributed by atoms with Crippen molar-refractivity contribution in [3.8, 4) is 0 Å². The number of aromatic carboxylic acids is 2. The molecule has 2 unspecified atom stereocenters. The van der Waals surface area contributed by atoms with E-state index in [1.165, 1.54) is 32.4 Å². The Labute approximate surface area is 284 Å². The number of fused-ring (bicyclic) bond motifs is 2. The van der Waals surface area contributed by atoms with E-state index < -0.39 is 36.0 Å². The van der Waals surface area contributed by atoms with Crippen LogP contribution in [0, 0.1) is 0 Å². The molecule has 7 rings (SSSR count). The molecule has 10 heteroatoms. The quantitative estimate of drug-likeness (QED) is 0.0908. The van der Waals surface area contributed by atoms with E-state index >= 15 is 0 Å². The van der Waals surface area contributed by atoms with Crippen LogP contribution in [0.1, 0.15) is 75.9 Å². The minimum absolute atomic E-state index is 0.00657. The molecule has 0 spiro atoms. The van der Waals surface area contributed by atoms with Crippen molar-refractivity contribution in [2.24, 2.45) is 11.5 Å². The summed E-state index contributed by atoms with van der Waals surface area (Å²) in [6, 6.07) is 27.6. The molecule has 0 bridgehead atoms. The van der Waals surface area contributed by atoms with Crippen LogP contribution in [0.15, 0.2) is 97.1 Å². The molecule has 0 saturated heterocycles. The van der Waals surface area contributed by atoms with Gasteiger partial charge in [0, 0.05) is 41.7 Å². The molecule has 0 fully saturated rings. The predicted molar refractivity (Wildman–Crippen MR) is 189 cm³/mol. The maximum absolute atomic E-state index is 13.9. The number of carbonyl (C=O) groups is 4. The van der Waals surface area contributed by atoms with Crippen molar-refractivity contribution >= 4 is 66.8 Å². The van der Waals surface area contributed by atoms with Crippen LogP contribution in [-0.4, -0.2) is 48.2 Å². The molecule has 0 heterocycles. The zero-order chi connectivity index (χ0) is 35.4. The lowest BCUT2D eigenvalue weighted by atomic mass is 9.76. The van der Waals surface area contributed by atoms with Crippen LogP contribution in [0.2, 0.25) is 0 Å². The van der Waals surface area contributed by atoms with Gasteiger partial charge in [-0.3, -0.25) is 9.59 Å². The highest BCUT2D eigenvalue weighted by Gasteiger charge is 2.35. The van der Waals surface area contributed by atoms with Crippen molar-refractivity contribution in [1.82, 2.24) is 0 Å². The lowest BCUT2D eigenvalue weighted by Gasteiger charge is -2.31. The van der Waals surface area contributed by atoms with Gasteiger partial charge in [-0.05, 0) is 61.6 Å². The largest absolute Gasteiger partial charge is 0.478 e. The molecule has 0 aromatic heterocycles. The van der Waals surface area contributed by atoms with Crippen LogP contribution in [0.25, 0.3) is 43.1 Å². The normalized spacial score (nSPS) is 12.8. The summed E-state index contributed by atoms with van der Waals surface area (Å²) in [5, 5.41) is 23.6. The SMILES string of the molecule is COC(c1ccccc1)c1c(C(N)=O)c2c(C(N)=O)ccc3c4ccc(C(=O)O)c5c(C(=O)O)ccc(c(c1C(OC)c1ccccc1)c23)c54. The van der Waals surface area contributed by atoms with Gasteiger partial charge in [0.15, 0.2) is 0 Å². The van der Waals surface area contributed by atoms with E-state index in [0.29, 0.717) is 54.6 Å². The first-order valence-corrected chi connectivity index (χ1v) is 15.6. The molecule has 10 nitrogen and oxygen atoms in total. The topological polar surface area (TPSA) is 179 Å². The summed E-state index contributed by atoms with van der Waals surface area (Å²) >= 11 is 0. The number of nitrogens with two attached hydrogens (primary N) is 2. The van der Waals surface area contributed by atoms with Crippen molar-refractivity contribution in [1.29, 1.82) is 0 Å². The maximum Gasteiger partial charge on any atom is 0.336 e. The van der Waals surface area contributed by atoms with E-state index in [9.17, 15) is 29.4 Å². The number of amides is 2. The second-order valence-electron chi connectivity index (χ2n) is 12.0. The molecule has 6 N–H and O–H groups in total. The molecule has 7 aromatic rings. The second kappa shape index (κ2) is 12.3. The summed E-state index contributed by atoms with van der Waals surface area (Å²) in [6.07, 6.45) is -1.80. The molecule has 248 valence electrons. The lowest BCUT2D eigenvalue weighted by molar-refractivity contribution is 0.0695. The summed E-state index contributed by atoms with van der Waals surface area (Å²) in [7, 11) is 3.02. The molecule has 0 aliphatic rings. The summed E-state index contributed by atoms with van der Waals surface area (Å²) in [4.78, 5) is 52.3. The Morgan fingerprint density at radius 3 is 1.42 bits per heavy atom. The van der Waals surface area contributed by atoms with Gasteiger partial charge in [0.2, 0.25) is 11.8 Å². The Balaban J connectivity index is 1.89. The number of carboxylic acids is 2. The molecule has 2 amide bonds. The summed E-state index contributed by atoms with van der Waals surface area (Å²) in [6.45, 7) is 0. The summed E-state index contributed by atoms with van der Waals surface area (Å²) in [5.74, 6) is -4.25. The molecular formula is C40H30N2O8. The highest BCUT2D eigenvalue weighted by molar-refractivity contribution is 6.39. The first-order valence-electron chi connectivity index (χ1n) is 15.6. The molecule has 0 aliphatic carbocycles. The molecule has 0 saturated carbocycles. The Morgan fingerprint density at radius 2 is 0.960 bits per heavy atom. The number of carbonyl (C=O) groups excluding carboxylic acids is 2. The second-order valence-corrected chi connectivity index (χ2v) is 12.0. The third-order valence-corrected chi connectivity index (χ3v) is 9.43. The van der Waals surface area contributed by atoms with Crippen molar-refractivity contribution in [2.45, 2.75) is 12.2 Å². The molecule has 0 aliphatic heterocycles. The maximum atomic E-state index is 13.9. The van der Waals surface area contributed by atoms with E-state index in [-0.39, 0.29) is 33.0 Å². The molecule has 0 radical (unpaired) electrons. The van der Waals surface area contributed by atoms with Gasteiger partial charge in [-0.2, -0.15) is 0 Å². The molecule has 50 heavy (non-hydrogen) atoms. The Morgan fingerprint density at radius 1 is 0.500 bits per heavy atom. The first kappa shape index (κ1) is 32.2. The zero-order valence-corrected chi connectivity index (χ0v) is 26.9. The smallest absolute Gasteiger partial charge is 0.336 e. The minimum atomic E-state index is -1.30. The Hall–Kier alpha value is -6.36. The predicted octanol–water partition coefficient (Wildman–Crippen LogP) is 6.80. The number of hydrogen-bond acceptors (Lipinski definition) is 6. The fraction of sp³-hybridized carbons (Fsp3) is 0.100. The highest BCUT2D eigenvalue weighted by atomic mass is 16.5. The van der Waals surface area contributed by atoms with Crippen molar-refractivity contribution < 1.29 is 38.9 Å². The number of primary amides is 2. The van der Waals surface area contributed by atoms with Crippen LogP contribution in [0.3, 0.4) is 0 Å². The van der Waals surface area contributed by atoms with Crippen LogP contribution in [-0.2, 0) is 9.47 Å². The zero-order valence-electron chi connectivity index (χ0n) is 26.9. The lowest BCUT2D eigenvalue weighted by Crippen LogP contribution is -2.24. The van der Waals surface area contributed by atoms with Crippen LogP contribution in [0.5, 0.6) is 0 Å². The van der Waals surface area contributed by atoms with E-state index in [0.717, 1.165) is 0 Å². The van der Waals surface area contributed by atoms with Gasteiger partial charge in [-0.1, -0.05) is 78.9 Å². The van der Waals surface area contributed by atoms with Gasteiger partial charge in [0.1, 0.15) is 12.2 Å². The number of carboxylic acid groups (broad SMARTS) is 2.